The van der Waals surface area contributed by atoms with Gasteiger partial charge in [-0.2, -0.15) is 0 Å². The van der Waals surface area contributed by atoms with Gasteiger partial charge in [-0.05, 0) is 44.6 Å². The van der Waals surface area contributed by atoms with E-state index in [1.165, 1.54) is 5.57 Å². The standard InChI is InChI=1S/C16H26O2/c1-12(2)13-6-5-7-14(10-13)17-11-15-8-9-16(3,4)18-15/h5-6,10,12,14-15H,7-9,11H2,1-4H3. The topological polar surface area (TPSA) is 18.5 Å². The molecule has 0 radical (unpaired) electrons. The molecule has 102 valence electrons. The van der Waals surface area contributed by atoms with Gasteiger partial charge in [-0.1, -0.05) is 32.1 Å². The van der Waals surface area contributed by atoms with Gasteiger partial charge in [0.05, 0.1) is 24.4 Å². The monoisotopic (exact) mass is 250 g/mol. The van der Waals surface area contributed by atoms with Crippen molar-refractivity contribution >= 4 is 0 Å². The van der Waals surface area contributed by atoms with E-state index in [1.54, 1.807) is 0 Å². The lowest BCUT2D eigenvalue weighted by atomic mass is 9.96. The normalized spacial score (nSPS) is 30.8. The summed E-state index contributed by atoms with van der Waals surface area (Å²) in [5.74, 6) is 0.578. The molecule has 1 aliphatic carbocycles. The summed E-state index contributed by atoms with van der Waals surface area (Å²) < 4.78 is 11.9. The summed E-state index contributed by atoms with van der Waals surface area (Å²) in [6.07, 6.45) is 10.5. The Hall–Kier alpha value is -0.600. The Bertz CT molecular complexity index is 339. The van der Waals surface area contributed by atoms with Crippen LogP contribution in [0.1, 0.15) is 47.0 Å². The first-order valence-corrected chi connectivity index (χ1v) is 7.14. The van der Waals surface area contributed by atoms with E-state index in [0.717, 1.165) is 25.9 Å². The lowest BCUT2D eigenvalue weighted by molar-refractivity contribution is -0.0625. The molecular formula is C16H26O2. The maximum atomic E-state index is 5.99. The Morgan fingerprint density at radius 1 is 1.44 bits per heavy atom. The van der Waals surface area contributed by atoms with E-state index >= 15 is 0 Å². The fraction of sp³-hybridized carbons (Fsp3) is 0.750. The van der Waals surface area contributed by atoms with Crippen LogP contribution in [0, 0.1) is 5.92 Å². The van der Waals surface area contributed by atoms with Crippen molar-refractivity contribution in [1.29, 1.82) is 0 Å². The highest BCUT2D eigenvalue weighted by Gasteiger charge is 2.32. The molecule has 0 amide bonds. The molecule has 2 atom stereocenters. The summed E-state index contributed by atoms with van der Waals surface area (Å²) in [5.41, 5.74) is 1.43. The number of ether oxygens (including phenoxy) is 2. The molecule has 0 spiro atoms. The second-order valence-corrected chi connectivity index (χ2v) is 6.37. The molecule has 0 aromatic heterocycles. The van der Waals surface area contributed by atoms with Crippen molar-refractivity contribution in [1.82, 2.24) is 0 Å². The zero-order valence-electron chi connectivity index (χ0n) is 12.1. The lowest BCUT2D eigenvalue weighted by Crippen LogP contribution is -2.25. The van der Waals surface area contributed by atoms with Gasteiger partial charge in [-0.15, -0.1) is 0 Å². The van der Waals surface area contributed by atoms with Crippen molar-refractivity contribution in [2.45, 2.75) is 64.8 Å². The molecule has 2 rings (SSSR count). The maximum absolute atomic E-state index is 5.99. The summed E-state index contributed by atoms with van der Waals surface area (Å²) in [4.78, 5) is 0. The van der Waals surface area contributed by atoms with Crippen molar-refractivity contribution in [3.05, 3.63) is 23.8 Å². The Morgan fingerprint density at radius 2 is 2.22 bits per heavy atom. The van der Waals surface area contributed by atoms with Crippen LogP contribution in [0.3, 0.4) is 0 Å². The molecule has 0 bridgehead atoms. The van der Waals surface area contributed by atoms with E-state index in [0.29, 0.717) is 5.92 Å². The van der Waals surface area contributed by atoms with Gasteiger partial charge in [0.2, 0.25) is 0 Å². The number of hydrogen-bond acceptors (Lipinski definition) is 2. The van der Waals surface area contributed by atoms with Crippen molar-refractivity contribution in [3.8, 4) is 0 Å². The van der Waals surface area contributed by atoms with Crippen LogP contribution >= 0.6 is 0 Å². The van der Waals surface area contributed by atoms with Gasteiger partial charge in [0.1, 0.15) is 0 Å². The van der Waals surface area contributed by atoms with E-state index in [2.05, 4.69) is 45.9 Å². The SMILES string of the molecule is CC(C)C1=CC(OCC2CCC(C)(C)O2)CC=C1. The van der Waals surface area contributed by atoms with Crippen LogP contribution in [0.5, 0.6) is 0 Å². The second kappa shape index (κ2) is 5.58. The van der Waals surface area contributed by atoms with Crippen LogP contribution in [0.4, 0.5) is 0 Å². The van der Waals surface area contributed by atoms with E-state index in [1.807, 2.05) is 0 Å². The van der Waals surface area contributed by atoms with Crippen LogP contribution in [0.2, 0.25) is 0 Å². The predicted octanol–water partition coefficient (Wildman–Crippen LogP) is 3.87. The third kappa shape index (κ3) is 3.69. The highest BCUT2D eigenvalue weighted by molar-refractivity contribution is 5.26. The Balaban J connectivity index is 1.79. The van der Waals surface area contributed by atoms with Crippen molar-refractivity contribution in [2.75, 3.05) is 6.61 Å². The third-order valence-corrected chi connectivity index (χ3v) is 3.77. The first-order chi connectivity index (χ1) is 8.46. The molecule has 0 aromatic carbocycles. The smallest absolute Gasteiger partial charge is 0.0817 e. The maximum Gasteiger partial charge on any atom is 0.0817 e. The Morgan fingerprint density at radius 3 is 2.83 bits per heavy atom. The van der Waals surface area contributed by atoms with Crippen LogP contribution in [0.25, 0.3) is 0 Å². The van der Waals surface area contributed by atoms with Crippen LogP contribution in [0.15, 0.2) is 23.8 Å². The Kier molecular flexibility index (Phi) is 4.29. The molecular weight excluding hydrogens is 224 g/mol. The van der Waals surface area contributed by atoms with Gasteiger partial charge in [0.25, 0.3) is 0 Å². The summed E-state index contributed by atoms with van der Waals surface area (Å²) >= 11 is 0. The highest BCUT2D eigenvalue weighted by Crippen LogP contribution is 2.30. The quantitative estimate of drug-likeness (QED) is 0.754. The summed E-state index contributed by atoms with van der Waals surface area (Å²) in [6, 6.07) is 0. The fourth-order valence-corrected chi connectivity index (χ4v) is 2.60. The first kappa shape index (κ1) is 13.8. The fourth-order valence-electron chi connectivity index (χ4n) is 2.60. The molecule has 2 heteroatoms. The third-order valence-electron chi connectivity index (χ3n) is 3.77. The minimum atomic E-state index is 0.0411. The average Bonchev–Trinajstić information content (AvgIpc) is 2.67. The molecule has 0 saturated carbocycles. The molecule has 1 saturated heterocycles. The van der Waals surface area contributed by atoms with Crippen LogP contribution in [-0.4, -0.2) is 24.4 Å². The second-order valence-electron chi connectivity index (χ2n) is 6.37. The zero-order valence-corrected chi connectivity index (χ0v) is 12.1. The minimum absolute atomic E-state index is 0.0411. The van der Waals surface area contributed by atoms with Gasteiger partial charge in [-0.3, -0.25) is 0 Å². The van der Waals surface area contributed by atoms with E-state index in [4.69, 9.17) is 9.47 Å². The predicted molar refractivity (Wildman–Crippen MR) is 74.6 cm³/mol. The molecule has 1 fully saturated rings. The van der Waals surface area contributed by atoms with Crippen LogP contribution in [-0.2, 0) is 9.47 Å². The number of rotatable bonds is 4. The van der Waals surface area contributed by atoms with E-state index in [-0.39, 0.29) is 17.8 Å². The van der Waals surface area contributed by atoms with Crippen molar-refractivity contribution in [2.24, 2.45) is 5.92 Å². The molecule has 18 heavy (non-hydrogen) atoms. The van der Waals surface area contributed by atoms with Gasteiger partial charge >= 0.3 is 0 Å². The van der Waals surface area contributed by atoms with E-state index < -0.39 is 0 Å². The summed E-state index contributed by atoms with van der Waals surface area (Å²) in [7, 11) is 0. The number of hydrogen-bond donors (Lipinski definition) is 0. The van der Waals surface area contributed by atoms with Gasteiger partial charge < -0.3 is 9.47 Å². The molecule has 2 unspecified atom stereocenters. The summed E-state index contributed by atoms with van der Waals surface area (Å²) in [5, 5.41) is 0. The molecule has 0 aromatic rings. The van der Waals surface area contributed by atoms with Gasteiger partial charge in [0.15, 0.2) is 0 Å². The number of allylic oxidation sites excluding steroid dienone is 2. The van der Waals surface area contributed by atoms with Gasteiger partial charge in [0, 0.05) is 0 Å². The molecule has 2 aliphatic rings. The van der Waals surface area contributed by atoms with Crippen LogP contribution < -0.4 is 0 Å². The Labute approximate surface area is 111 Å². The molecule has 1 heterocycles. The molecule has 0 N–H and O–H groups in total. The largest absolute Gasteiger partial charge is 0.371 e. The van der Waals surface area contributed by atoms with Crippen molar-refractivity contribution in [3.63, 3.8) is 0 Å². The summed E-state index contributed by atoms with van der Waals surface area (Å²) in [6.45, 7) is 9.49. The first-order valence-electron chi connectivity index (χ1n) is 7.14. The average molecular weight is 250 g/mol. The highest BCUT2D eigenvalue weighted by atomic mass is 16.6. The molecule has 1 aliphatic heterocycles. The zero-order chi connectivity index (χ0) is 13.2. The molecule has 2 nitrogen and oxygen atoms in total. The minimum Gasteiger partial charge on any atom is -0.371 e. The lowest BCUT2D eigenvalue weighted by Gasteiger charge is -2.23. The van der Waals surface area contributed by atoms with Gasteiger partial charge in [-0.25, -0.2) is 0 Å². The van der Waals surface area contributed by atoms with E-state index in [9.17, 15) is 0 Å². The van der Waals surface area contributed by atoms with Crippen molar-refractivity contribution < 1.29 is 9.47 Å².